The Morgan fingerprint density at radius 3 is 2.37 bits per heavy atom. The molecule has 0 aliphatic rings. The molecular weight excluding hydrogens is 435 g/mol. The van der Waals surface area contributed by atoms with Gasteiger partial charge in [-0.2, -0.15) is 5.10 Å². The average Bonchev–Trinajstić information content (AvgIpc) is 3.35. The molecule has 0 atom stereocenters. The lowest BCUT2D eigenvalue weighted by molar-refractivity contribution is 0.498. The first-order chi connectivity index (χ1) is 14.3. The van der Waals surface area contributed by atoms with E-state index in [0.717, 1.165) is 44.6 Å². The van der Waals surface area contributed by atoms with Gasteiger partial charge in [0.05, 0.1) is 16.4 Å². The van der Waals surface area contributed by atoms with Crippen molar-refractivity contribution in [3.63, 3.8) is 0 Å². The molecule has 4 aromatic rings. The fraction of sp³-hybridized carbons (Fsp3) is 0.261. The van der Waals surface area contributed by atoms with Crippen LogP contribution in [0.2, 0.25) is 10.0 Å². The molecule has 30 heavy (non-hydrogen) atoms. The molecule has 0 bridgehead atoms. The summed E-state index contributed by atoms with van der Waals surface area (Å²) >= 11 is 14.2. The number of rotatable bonds is 5. The summed E-state index contributed by atoms with van der Waals surface area (Å²) in [7, 11) is 0. The third-order valence-electron chi connectivity index (χ3n) is 5.41. The minimum absolute atomic E-state index is 0.0197. The Labute approximate surface area is 190 Å². The first-order valence-electron chi connectivity index (χ1n) is 9.76. The van der Waals surface area contributed by atoms with Crippen LogP contribution >= 0.6 is 34.5 Å². The molecule has 0 aliphatic heterocycles. The van der Waals surface area contributed by atoms with E-state index >= 15 is 0 Å². The summed E-state index contributed by atoms with van der Waals surface area (Å²) < 4.78 is 1.89. The molecule has 0 fully saturated rings. The maximum Gasteiger partial charge on any atom is 0.168 e. The number of aromatic nitrogens is 4. The van der Waals surface area contributed by atoms with Gasteiger partial charge in [0.15, 0.2) is 5.01 Å². The summed E-state index contributed by atoms with van der Waals surface area (Å²) in [4.78, 5) is 0. The van der Waals surface area contributed by atoms with Crippen LogP contribution in [0.5, 0.6) is 0 Å². The highest BCUT2D eigenvalue weighted by molar-refractivity contribution is 7.14. The van der Waals surface area contributed by atoms with Crippen molar-refractivity contribution in [3.8, 4) is 27.6 Å². The molecule has 2 heterocycles. The lowest BCUT2D eigenvalue weighted by atomic mass is 9.91. The maximum absolute atomic E-state index is 6.53. The fourth-order valence-electron chi connectivity index (χ4n) is 3.19. The van der Waals surface area contributed by atoms with Gasteiger partial charge in [-0.05, 0) is 37.6 Å². The quantitative estimate of drug-likeness (QED) is 0.314. The third-order valence-corrected chi connectivity index (χ3v) is 7.28. The van der Waals surface area contributed by atoms with Crippen molar-refractivity contribution in [1.29, 1.82) is 0 Å². The maximum atomic E-state index is 6.53. The van der Waals surface area contributed by atoms with E-state index in [4.69, 9.17) is 28.3 Å². The molecule has 0 aliphatic carbocycles. The Bertz CT molecular complexity index is 1190. The highest BCUT2D eigenvalue weighted by Gasteiger charge is 2.26. The van der Waals surface area contributed by atoms with Gasteiger partial charge in [-0.25, -0.2) is 4.68 Å². The number of hydrogen-bond acceptors (Lipinski definition) is 4. The fourth-order valence-corrected chi connectivity index (χ4v) is 4.59. The van der Waals surface area contributed by atoms with Crippen LogP contribution in [0.15, 0.2) is 48.5 Å². The molecule has 0 saturated heterocycles. The Kier molecular flexibility index (Phi) is 5.71. The van der Waals surface area contributed by atoms with Crippen molar-refractivity contribution in [3.05, 3.63) is 69.1 Å². The van der Waals surface area contributed by atoms with E-state index in [-0.39, 0.29) is 5.41 Å². The highest BCUT2D eigenvalue weighted by Crippen LogP contribution is 2.38. The second-order valence-electron chi connectivity index (χ2n) is 7.84. The minimum Gasteiger partial charge on any atom is -0.231 e. The van der Waals surface area contributed by atoms with E-state index in [9.17, 15) is 0 Å². The smallest absolute Gasteiger partial charge is 0.168 e. The van der Waals surface area contributed by atoms with Crippen LogP contribution in [-0.2, 0) is 5.41 Å². The normalized spacial score (nSPS) is 11.8. The zero-order chi connectivity index (χ0) is 21.5. The van der Waals surface area contributed by atoms with Gasteiger partial charge in [-0.15, -0.1) is 10.2 Å². The molecule has 0 spiro atoms. The van der Waals surface area contributed by atoms with Crippen LogP contribution < -0.4 is 0 Å². The summed E-state index contributed by atoms with van der Waals surface area (Å²) in [5.41, 5.74) is 4.60. The molecule has 0 amide bonds. The summed E-state index contributed by atoms with van der Waals surface area (Å²) in [6, 6.07) is 15.4. The molecule has 4 rings (SSSR count). The Hall–Kier alpha value is -2.21. The van der Waals surface area contributed by atoms with Crippen LogP contribution in [0.3, 0.4) is 0 Å². The first-order valence-corrected chi connectivity index (χ1v) is 11.3. The van der Waals surface area contributed by atoms with Gasteiger partial charge in [-0.3, -0.25) is 0 Å². The monoisotopic (exact) mass is 456 g/mol. The zero-order valence-corrected chi connectivity index (χ0v) is 19.6. The second-order valence-corrected chi connectivity index (χ2v) is 9.66. The van der Waals surface area contributed by atoms with Gasteiger partial charge in [0.25, 0.3) is 0 Å². The molecular formula is C23H22Cl2N4S. The largest absolute Gasteiger partial charge is 0.231 e. The Morgan fingerprint density at radius 1 is 1.00 bits per heavy atom. The summed E-state index contributed by atoms with van der Waals surface area (Å²) in [5.74, 6) is 0. The van der Waals surface area contributed by atoms with Crippen molar-refractivity contribution in [2.24, 2.45) is 0 Å². The van der Waals surface area contributed by atoms with Gasteiger partial charge in [0.1, 0.15) is 10.7 Å². The van der Waals surface area contributed by atoms with Crippen molar-refractivity contribution < 1.29 is 0 Å². The lowest BCUT2D eigenvalue weighted by Gasteiger charge is -2.17. The Morgan fingerprint density at radius 2 is 1.70 bits per heavy atom. The van der Waals surface area contributed by atoms with Gasteiger partial charge < -0.3 is 0 Å². The van der Waals surface area contributed by atoms with Crippen molar-refractivity contribution in [2.75, 3.05) is 0 Å². The lowest BCUT2D eigenvalue weighted by Crippen LogP contribution is -2.14. The molecule has 7 heteroatoms. The van der Waals surface area contributed by atoms with Gasteiger partial charge in [-0.1, -0.05) is 79.6 Å². The van der Waals surface area contributed by atoms with Crippen LogP contribution in [-0.4, -0.2) is 20.0 Å². The molecule has 0 N–H and O–H groups in total. The SMILES string of the molecule is CCC(C)(C)c1nnc(-c2nn(-c3ccccc3Cl)c(-c3ccc(Cl)cc3)c2C)s1. The molecule has 154 valence electrons. The number of hydrogen-bond donors (Lipinski definition) is 0. The van der Waals surface area contributed by atoms with E-state index in [2.05, 4.69) is 37.9 Å². The average molecular weight is 457 g/mol. The van der Waals surface area contributed by atoms with Crippen LogP contribution in [0.4, 0.5) is 0 Å². The van der Waals surface area contributed by atoms with Crippen LogP contribution in [0.25, 0.3) is 27.6 Å². The van der Waals surface area contributed by atoms with Crippen molar-refractivity contribution >= 4 is 34.5 Å². The topological polar surface area (TPSA) is 43.6 Å². The zero-order valence-electron chi connectivity index (χ0n) is 17.3. The number of halogens is 2. The summed E-state index contributed by atoms with van der Waals surface area (Å²) in [6.07, 6.45) is 0.991. The second kappa shape index (κ2) is 8.14. The van der Waals surface area contributed by atoms with E-state index in [1.807, 2.05) is 53.2 Å². The highest BCUT2D eigenvalue weighted by atomic mass is 35.5. The summed E-state index contributed by atoms with van der Waals surface area (Å²) in [5, 5.41) is 17.0. The molecule has 0 saturated carbocycles. The molecule has 4 nitrogen and oxygen atoms in total. The molecule has 2 aromatic carbocycles. The van der Waals surface area contributed by atoms with Crippen molar-refractivity contribution in [2.45, 2.75) is 39.5 Å². The van der Waals surface area contributed by atoms with E-state index in [1.165, 1.54) is 0 Å². The standard InChI is InChI=1S/C23H22Cl2N4S/c1-5-23(3,4)22-27-26-21(30-22)19-14(2)20(15-10-12-16(24)13-11-15)29(28-19)18-9-7-6-8-17(18)25/h6-13H,5H2,1-4H3. The van der Waals surface area contributed by atoms with Crippen molar-refractivity contribution in [1.82, 2.24) is 20.0 Å². The summed E-state index contributed by atoms with van der Waals surface area (Å²) in [6.45, 7) is 8.60. The van der Waals surface area contributed by atoms with Gasteiger partial charge in [0, 0.05) is 21.6 Å². The minimum atomic E-state index is -0.0197. The van der Waals surface area contributed by atoms with Gasteiger partial charge in [0.2, 0.25) is 0 Å². The molecule has 0 radical (unpaired) electrons. The first kappa shape index (κ1) is 21.0. The molecule has 0 unspecified atom stereocenters. The predicted molar refractivity (Wildman–Crippen MR) is 126 cm³/mol. The molecule has 2 aromatic heterocycles. The number of benzene rings is 2. The van der Waals surface area contributed by atoms with E-state index < -0.39 is 0 Å². The predicted octanol–water partition coefficient (Wildman–Crippen LogP) is 7.36. The van der Waals surface area contributed by atoms with E-state index in [0.29, 0.717) is 10.0 Å². The third kappa shape index (κ3) is 3.78. The number of nitrogens with zero attached hydrogens (tertiary/aromatic N) is 4. The van der Waals surface area contributed by atoms with Crippen LogP contribution in [0.1, 0.15) is 37.8 Å². The van der Waals surface area contributed by atoms with E-state index in [1.54, 1.807) is 11.3 Å². The Balaban J connectivity index is 1.93. The van der Waals surface area contributed by atoms with Gasteiger partial charge >= 0.3 is 0 Å². The number of para-hydroxylation sites is 1. The van der Waals surface area contributed by atoms with Crippen LogP contribution in [0, 0.1) is 6.92 Å².